The van der Waals surface area contributed by atoms with E-state index in [-0.39, 0.29) is 10.8 Å². The molecule has 2 N–H and O–H groups in total. The number of benzene rings is 5. The van der Waals surface area contributed by atoms with Gasteiger partial charge in [0.05, 0.1) is 4.90 Å². The molecule has 0 spiro atoms. The highest BCUT2D eigenvalue weighted by Gasteiger charge is 2.18. The largest absolute Gasteiger partial charge is 0.374 e. The maximum Gasteiger partial charge on any atom is 0.242 e. The van der Waals surface area contributed by atoms with Crippen LogP contribution in [0.3, 0.4) is 0 Å². The van der Waals surface area contributed by atoms with Crippen LogP contribution in [0.5, 0.6) is 0 Å². The second-order valence-corrected chi connectivity index (χ2v) is 11.8. The Hall–Kier alpha value is -4.42. The van der Waals surface area contributed by atoms with E-state index >= 15 is 0 Å². The summed E-state index contributed by atoms with van der Waals surface area (Å²) in [4.78, 5) is 13.4. The van der Waals surface area contributed by atoms with Gasteiger partial charge in [-0.15, -0.1) is 0 Å². The van der Waals surface area contributed by atoms with Crippen molar-refractivity contribution in [2.24, 2.45) is 0 Å². The first-order valence-corrected chi connectivity index (χ1v) is 14.9. The monoisotopic (exact) mass is 548 g/mol. The van der Waals surface area contributed by atoms with E-state index in [2.05, 4.69) is 10.6 Å². The van der Waals surface area contributed by atoms with Gasteiger partial charge in [-0.3, -0.25) is 4.79 Å². The van der Waals surface area contributed by atoms with Crippen LogP contribution in [0.25, 0.3) is 21.5 Å². The second kappa shape index (κ2) is 12.2. The van der Waals surface area contributed by atoms with Gasteiger partial charge in [0.15, 0.2) is 9.84 Å². The highest BCUT2D eigenvalue weighted by molar-refractivity contribution is 7.94. The zero-order valence-corrected chi connectivity index (χ0v) is 23.1. The van der Waals surface area contributed by atoms with E-state index in [4.69, 9.17) is 0 Å². The summed E-state index contributed by atoms with van der Waals surface area (Å²) in [5.41, 5.74) is 1.96. The molecule has 5 aromatic carbocycles. The van der Waals surface area contributed by atoms with E-state index in [9.17, 15) is 13.2 Å². The summed E-state index contributed by atoms with van der Waals surface area (Å²) < 4.78 is 26.4. The Morgan fingerprint density at radius 3 is 2.05 bits per heavy atom. The highest BCUT2D eigenvalue weighted by Crippen LogP contribution is 2.22. The first-order valence-electron chi connectivity index (χ1n) is 13.4. The van der Waals surface area contributed by atoms with Gasteiger partial charge in [-0.1, -0.05) is 97.1 Å². The number of nitrogens with one attached hydrogen (secondary N) is 2. The van der Waals surface area contributed by atoms with Gasteiger partial charge in [0, 0.05) is 17.1 Å². The molecule has 6 heteroatoms. The summed E-state index contributed by atoms with van der Waals surface area (Å²) in [6.07, 6.45) is 2.84. The van der Waals surface area contributed by atoms with E-state index in [0.717, 1.165) is 32.8 Å². The Balaban J connectivity index is 1.32. The molecular weight excluding hydrogens is 516 g/mol. The fourth-order valence-corrected chi connectivity index (χ4v) is 5.81. The van der Waals surface area contributed by atoms with E-state index in [1.807, 2.05) is 103 Å². The molecule has 0 aliphatic heterocycles. The van der Waals surface area contributed by atoms with Crippen molar-refractivity contribution in [3.63, 3.8) is 0 Å². The minimum atomic E-state index is -3.70. The maximum atomic E-state index is 13.2. The number of rotatable bonds is 10. The van der Waals surface area contributed by atoms with Gasteiger partial charge in [0.1, 0.15) is 6.04 Å². The Morgan fingerprint density at radius 1 is 0.750 bits per heavy atom. The second-order valence-electron chi connectivity index (χ2n) is 9.95. The summed E-state index contributed by atoms with van der Waals surface area (Å²) >= 11 is 0. The standard InChI is InChI=1S/C34H32N2O3S/c1-25(35-32-19-16-27-11-5-7-13-29(27)23-32)34(37)36-31(18-15-26-9-3-2-4-10-26)21-22-40(38,39)33-20-17-28-12-6-8-14-30(28)24-33/h2-14,16-17,19-25,31,35H,15,18H2,1H3,(H,36,37)/t25-,31-/m0/s1. The van der Waals surface area contributed by atoms with Crippen molar-refractivity contribution in [2.75, 3.05) is 5.32 Å². The van der Waals surface area contributed by atoms with Gasteiger partial charge >= 0.3 is 0 Å². The number of carbonyl (C=O) groups is 1. The van der Waals surface area contributed by atoms with Crippen molar-refractivity contribution in [3.05, 3.63) is 132 Å². The van der Waals surface area contributed by atoms with Crippen LogP contribution in [0, 0.1) is 0 Å². The van der Waals surface area contributed by atoms with Crippen molar-refractivity contribution in [3.8, 4) is 0 Å². The van der Waals surface area contributed by atoms with Crippen LogP contribution >= 0.6 is 0 Å². The van der Waals surface area contributed by atoms with Crippen LogP contribution < -0.4 is 10.6 Å². The van der Waals surface area contributed by atoms with Crippen LogP contribution in [0.15, 0.2) is 132 Å². The average Bonchev–Trinajstić information content (AvgIpc) is 2.98. The minimum Gasteiger partial charge on any atom is -0.374 e. The molecule has 202 valence electrons. The molecule has 40 heavy (non-hydrogen) atoms. The Morgan fingerprint density at radius 2 is 1.35 bits per heavy atom. The molecule has 0 heterocycles. The summed E-state index contributed by atoms with van der Waals surface area (Å²) in [7, 11) is -3.70. The smallest absolute Gasteiger partial charge is 0.242 e. The molecule has 0 aromatic heterocycles. The summed E-state index contributed by atoms with van der Waals surface area (Å²) in [5.74, 6) is -0.209. The molecule has 0 saturated carbocycles. The summed E-state index contributed by atoms with van der Waals surface area (Å²) in [6.45, 7) is 1.80. The SMILES string of the molecule is C[C@H](Nc1ccc2ccccc2c1)C(=O)N[C@H](C=CS(=O)(=O)c1ccc2ccccc2c1)CCc1ccccc1. The molecule has 5 aromatic rings. The van der Waals surface area contributed by atoms with E-state index < -0.39 is 21.9 Å². The number of amides is 1. The van der Waals surface area contributed by atoms with Crippen molar-refractivity contribution < 1.29 is 13.2 Å². The summed E-state index contributed by atoms with van der Waals surface area (Å²) in [5, 5.41) is 11.6. The Kier molecular flexibility index (Phi) is 8.27. The van der Waals surface area contributed by atoms with Crippen LogP contribution in [0.1, 0.15) is 18.9 Å². The number of fused-ring (bicyclic) bond motifs is 2. The van der Waals surface area contributed by atoms with Crippen LogP contribution in [-0.4, -0.2) is 26.4 Å². The van der Waals surface area contributed by atoms with Gasteiger partial charge in [-0.2, -0.15) is 0 Å². The number of hydrogen-bond acceptors (Lipinski definition) is 4. The maximum absolute atomic E-state index is 13.2. The predicted octanol–water partition coefficient (Wildman–Crippen LogP) is 6.90. The lowest BCUT2D eigenvalue weighted by molar-refractivity contribution is -0.121. The average molecular weight is 549 g/mol. The molecular formula is C34H32N2O3S. The van der Waals surface area contributed by atoms with Gasteiger partial charge < -0.3 is 10.6 Å². The number of sulfone groups is 1. The van der Waals surface area contributed by atoms with Crippen molar-refractivity contribution in [1.29, 1.82) is 0 Å². The third kappa shape index (κ3) is 6.77. The van der Waals surface area contributed by atoms with Gasteiger partial charge in [-0.25, -0.2) is 8.42 Å². The molecule has 5 nitrogen and oxygen atoms in total. The minimum absolute atomic E-state index is 0.209. The van der Waals surface area contributed by atoms with Gasteiger partial charge in [0.2, 0.25) is 5.91 Å². The van der Waals surface area contributed by atoms with Crippen LogP contribution in [0.4, 0.5) is 5.69 Å². The number of anilines is 1. The quantitative estimate of drug-likeness (QED) is 0.199. The molecule has 0 bridgehead atoms. The first-order chi connectivity index (χ1) is 19.4. The molecule has 2 atom stereocenters. The van der Waals surface area contributed by atoms with E-state index in [0.29, 0.717) is 12.8 Å². The lowest BCUT2D eigenvalue weighted by Crippen LogP contribution is -2.42. The van der Waals surface area contributed by atoms with Crippen molar-refractivity contribution in [2.45, 2.75) is 36.7 Å². The number of carbonyl (C=O) groups excluding carboxylic acids is 1. The topological polar surface area (TPSA) is 75.3 Å². The first kappa shape index (κ1) is 27.2. The lowest BCUT2D eigenvalue weighted by atomic mass is 10.0. The van der Waals surface area contributed by atoms with Crippen molar-refractivity contribution in [1.82, 2.24) is 5.32 Å². The van der Waals surface area contributed by atoms with Crippen LogP contribution in [0.2, 0.25) is 0 Å². The molecule has 0 aliphatic rings. The molecule has 0 aliphatic carbocycles. The third-order valence-electron chi connectivity index (χ3n) is 6.98. The third-order valence-corrected chi connectivity index (χ3v) is 8.41. The number of hydrogen-bond donors (Lipinski definition) is 2. The zero-order valence-electron chi connectivity index (χ0n) is 22.3. The fraction of sp³-hybridized carbons (Fsp3) is 0.147. The van der Waals surface area contributed by atoms with E-state index in [1.54, 1.807) is 25.1 Å². The molecule has 0 unspecified atom stereocenters. The predicted molar refractivity (Wildman–Crippen MR) is 164 cm³/mol. The molecule has 0 saturated heterocycles. The molecule has 5 rings (SSSR count). The van der Waals surface area contributed by atoms with Crippen LogP contribution in [-0.2, 0) is 21.1 Å². The Labute approximate surface area is 235 Å². The highest BCUT2D eigenvalue weighted by atomic mass is 32.2. The van der Waals surface area contributed by atoms with Crippen molar-refractivity contribution >= 4 is 43.0 Å². The fourth-order valence-electron chi connectivity index (χ4n) is 4.71. The van der Waals surface area contributed by atoms with Gasteiger partial charge in [-0.05, 0) is 71.1 Å². The Bertz CT molecular complexity index is 1760. The normalized spacial score (nSPS) is 13.3. The van der Waals surface area contributed by atoms with E-state index in [1.165, 1.54) is 5.41 Å². The molecule has 0 fully saturated rings. The van der Waals surface area contributed by atoms with Gasteiger partial charge in [0.25, 0.3) is 0 Å². The molecule has 0 radical (unpaired) electrons. The number of aryl methyl sites for hydroxylation is 1. The summed E-state index contributed by atoms with van der Waals surface area (Å²) in [6, 6.07) is 35.8. The lowest BCUT2D eigenvalue weighted by Gasteiger charge is -2.20. The molecule has 1 amide bonds. The zero-order chi connectivity index (χ0) is 28.0.